The van der Waals surface area contributed by atoms with Crippen LogP contribution in [0.25, 0.3) is 0 Å². The van der Waals surface area contributed by atoms with Gasteiger partial charge in [-0.3, -0.25) is 4.79 Å². The topological polar surface area (TPSA) is 72.5 Å². The number of ether oxygens (including phenoxy) is 1. The van der Waals surface area contributed by atoms with Crippen molar-refractivity contribution in [2.24, 2.45) is 0 Å². The highest BCUT2D eigenvalue weighted by atomic mass is 32.2. The molecule has 0 aliphatic rings. The number of hydrogen-bond donors (Lipinski definition) is 1. The van der Waals surface area contributed by atoms with Gasteiger partial charge in [0.1, 0.15) is 5.75 Å². The average Bonchev–Trinajstić information content (AvgIpc) is 2.73. The third-order valence-electron chi connectivity index (χ3n) is 4.99. The minimum atomic E-state index is -3.34. The highest BCUT2D eigenvalue weighted by Gasteiger charge is 2.22. The molecule has 0 atom stereocenters. The molecule has 0 spiro atoms. The highest BCUT2D eigenvalue weighted by molar-refractivity contribution is 7.90. The number of hydrogen-bond acceptors (Lipinski definition) is 4. The third-order valence-corrected chi connectivity index (χ3v) is 6.10. The zero-order chi connectivity index (χ0) is 21.8. The number of benzene rings is 3. The van der Waals surface area contributed by atoms with Crippen LogP contribution in [0.2, 0.25) is 0 Å². The molecule has 0 heterocycles. The first kappa shape index (κ1) is 21.6. The molecule has 0 fully saturated rings. The molecule has 0 saturated heterocycles. The van der Waals surface area contributed by atoms with E-state index in [9.17, 15) is 13.2 Å². The van der Waals surface area contributed by atoms with Crippen LogP contribution in [0.3, 0.4) is 0 Å². The number of nitrogens with one attached hydrogen (secondary N) is 1. The van der Waals surface area contributed by atoms with Gasteiger partial charge in [0.2, 0.25) is 0 Å². The minimum absolute atomic E-state index is 0.151. The van der Waals surface area contributed by atoms with Gasteiger partial charge in [0.05, 0.1) is 4.90 Å². The Balaban J connectivity index is 1.61. The van der Waals surface area contributed by atoms with E-state index in [4.69, 9.17) is 4.74 Å². The SMILES string of the molecule is CC(C)(c1ccccc1)c1ccc(OCC(=O)Nc2cccc(S(C)(=O)=O)c2)cc1. The van der Waals surface area contributed by atoms with Crippen molar-refractivity contribution in [2.45, 2.75) is 24.2 Å². The zero-order valence-corrected chi connectivity index (χ0v) is 18.1. The monoisotopic (exact) mass is 423 g/mol. The minimum Gasteiger partial charge on any atom is -0.484 e. The fourth-order valence-corrected chi connectivity index (χ4v) is 3.81. The van der Waals surface area contributed by atoms with Gasteiger partial charge in [-0.15, -0.1) is 0 Å². The molecule has 0 aliphatic carbocycles. The third kappa shape index (κ3) is 5.27. The van der Waals surface area contributed by atoms with Gasteiger partial charge in [-0.05, 0) is 41.5 Å². The maximum absolute atomic E-state index is 12.2. The average molecular weight is 424 g/mol. The van der Waals surface area contributed by atoms with Gasteiger partial charge in [0, 0.05) is 17.4 Å². The predicted octanol–water partition coefficient (Wildman–Crippen LogP) is 4.43. The van der Waals surface area contributed by atoms with Crippen LogP contribution in [0.15, 0.2) is 83.8 Å². The van der Waals surface area contributed by atoms with Crippen molar-refractivity contribution in [3.8, 4) is 5.75 Å². The molecule has 0 saturated carbocycles. The molecule has 0 radical (unpaired) electrons. The quantitative estimate of drug-likeness (QED) is 0.610. The normalized spacial score (nSPS) is 11.7. The molecule has 3 rings (SSSR count). The van der Waals surface area contributed by atoms with E-state index in [1.807, 2.05) is 42.5 Å². The van der Waals surface area contributed by atoms with E-state index in [0.29, 0.717) is 11.4 Å². The molecular formula is C24H25NO4S. The van der Waals surface area contributed by atoms with Gasteiger partial charge in [0.25, 0.3) is 5.91 Å². The number of rotatable bonds is 7. The van der Waals surface area contributed by atoms with Crippen molar-refractivity contribution in [1.29, 1.82) is 0 Å². The molecule has 1 N–H and O–H groups in total. The summed E-state index contributed by atoms with van der Waals surface area (Å²) in [5, 5.41) is 2.65. The van der Waals surface area contributed by atoms with Crippen LogP contribution in [0.4, 0.5) is 5.69 Å². The Morgan fingerprint density at radius 2 is 1.53 bits per heavy atom. The van der Waals surface area contributed by atoms with E-state index in [-0.39, 0.29) is 22.8 Å². The summed E-state index contributed by atoms with van der Waals surface area (Å²) in [4.78, 5) is 12.3. The fourth-order valence-electron chi connectivity index (χ4n) is 3.14. The number of sulfone groups is 1. The second-order valence-electron chi connectivity index (χ2n) is 7.65. The molecule has 0 bridgehead atoms. The second-order valence-corrected chi connectivity index (χ2v) is 9.67. The molecule has 30 heavy (non-hydrogen) atoms. The lowest BCUT2D eigenvalue weighted by Crippen LogP contribution is -2.21. The van der Waals surface area contributed by atoms with Crippen LogP contribution in [-0.4, -0.2) is 27.2 Å². The first-order valence-corrected chi connectivity index (χ1v) is 11.4. The van der Waals surface area contributed by atoms with Crippen molar-refractivity contribution in [1.82, 2.24) is 0 Å². The molecule has 0 aromatic heterocycles. The van der Waals surface area contributed by atoms with Crippen LogP contribution in [0.1, 0.15) is 25.0 Å². The summed E-state index contributed by atoms with van der Waals surface area (Å²) in [6, 6.07) is 24.1. The van der Waals surface area contributed by atoms with Crippen molar-refractivity contribution in [3.05, 3.63) is 90.0 Å². The Kier molecular flexibility index (Phi) is 6.27. The maximum atomic E-state index is 12.2. The predicted molar refractivity (Wildman–Crippen MR) is 119 cm³/mol. The second kappa shape index (κ2) is 8.71. The summed E-state index contributed by atoms with van der Waals surface area (Å²) in [5.41, 5.74) is 2.62. The number of anilines is 1. The molecule has 156 valence electrons. The Morgan fingerprint density at radius 3 is 2.17 bits per heavy atom. The van der Waals surface area contributed by atoms with E-state index in [2.05, 4.69) is 31.3 Å². The number of carbonyl (C=O) groups is 1. The van der Waals surface area contributed by atoms with Crippen molar-refractivity contribution >= 4 is 21.4 Å². The standard InChI is InChI=1S/C24H25NO4S/c1-24(2,18-8-5-4-6-9-18)19-12-14-21(15-13-19)29-17-23(26)25-20-10-7-11-22(16-20)30(3,27)28/h4-16H,17H2,1-3H3,(H,25,26). The Hall–Kier alpha value is -3.12. The van der Waals surface area contributed by atoms with E-state index >= 15 is 0 Å². The van der Waals surface area contributed by atoms with E-state index in [0.717, 1.165) is 11.8 Å². The van der Waals surface area contributed by atoms with Gasteiger partial charge in [-0.2, -0.15) is 0 Å². The van der Waals surface area contributed by atoms with Crippen LogP contribution in [0, 0.1) is 0 Å². The summed E-state index contributed by atoms with van der Waals surface area (Å²) in [7, 11) is -3.34. The highest BCUT2D eigenvalue weighted by Crippen LogP contribution is 2.32. The van der Waals surface area contributed by atoms with Crippen molar-refractivity contribution in [2.75, 3.05) is 18.2 Å². The van der Waals surface area contributed by atoms with Crippen LogP contribution in [-0.2, 0) is 20.0 Å². The summed E-state index contributed by atoms with van der Waals surface area (Å²) >= 11 is 0. The number of carbonyl (C=O) groups excluding carboxylic acids is 1. The van der Waals surface area contributed by atoms with E-state index in [1.165, 1.54) is 17.7 Å². The lowest BCUT2D eigenvalue weighted by atomic mass is 9.78. The summed E-state index contributed by atoms with van der Waals surface area (Å²) < 4.78 is 28.8. The van der Waals surface area contributed by atoms with Crippen molar-refractivity contribution in [3.63, 3.8) is 0 Å². The molecular weight excluding hydrogens is 398 g/mol. The molecule has 3 aromatic carbocycles. The maximum Gasteiger partial charge on any atom is 0.262 e. The van der Waals surface area contributed by atoms with Gasteiger partial charge >= 0.3 is 0 Å². The molecule has 5 nitrogen and oxygen atoms in total. The first-order valence-electron chi connectivity index (χ1n) is 9.55. The molecule has 1 amide bonds. The van der Waals surface area contributed by atoms with Crippen LogP contribution >= 0.6 is 0 Å². The largest absolute Gasteiger partial charge is 0.484 e. The van der Waals surface area contributed by atoms with E-state index in [1.54, 1.807) is 12.1 Å². The smallest absolute Gasteiger partial charge is 0.262 e. The van der Waals surface area contributed by atoms with Gasteiger partial charge in [0.15, 0.2) is 16.4 Å². The van der Waals surface area contributed by atoms with Crippen molar-refractivity contribution < 1.29 is 17.9 Å². The lowest BCUT2D eigenvalue weighted by molar-refractivity contribution is -0.118. The number of amides is 1. The molecule has 0 aliphatic heterocycles. The van der Waals surface area contributed by atoms with Crippen LogP contribution in [0.5, 0.6) is 5.75 Å². The Morgan fingerprint density at radius 1 is 0.900 bits per heavy atom. The Bertz CT molecular complexity index is 1120. The van der Waals surface area contributed by atoms with Gasteiger partial charge in [-0.25, -0.2) is 8.42 Å². The Labute approximate surface area is 177 Å². The molecule has 0 unspecified atom stereocenters. The molecule has 6 heteroatoms. The van der Waals surface area contributed by atoms with Gasteiger partial charge < -0.3 is 10.1 Å². The molecule has 3 aromatic rings. The van der Waals surface area contributed by atoms with Crippen LogP contribution < -0.4 is 10.1 Å². The zero-order valence-electron chi connectivity index (χ0n) is 17.3. The summed E-state index contributed by atoms with van der Waals surface area (Å²) in [5.74, 6) is 0.219. The summed E-state index contributed by atoms with van der Waals surface area (Å²) in [6.07, 6.45) is 1.12. The van der Waals surface area contributed by atoms with E-state index < -0.39 is 9.84 Å². The lowest BCUT2D eigenvalue weighted by Gasteiger charge is -2.26. The summed E-state index contributed by atoms with van der Waals surface area (Å²) in [6.45, 7) is 4.15. The van der Waals surface area contributed by atoms with Gasteiger partial charge in [-0.1, -0.05) is 62.4 Å². The fraction of sp³-hybridized carbons (Fsp3) is 0.208. The first-order chi connectivity index (χ1) is 14.2.